The first-order valence-corrected chi connectivity index (χ1v) is 7.42. The van der Waals surface area contributed by atoms with Crippen molar-refractivity contribution >= 4 is 11.9 Å². The molecule has 0 unspecified atom stereocenters. The third-order valence-corrected chi connectivity index (χ3v) is 4.49. The predicted molar refractivity (Wildman–Crippen MR) is 81.6 cm³/mol. The van der Waals surface area contributed by atoms with E-state index in [1.54, 1.807) is 11.7 Å². The lowest BCUT2D eigenvalue weighted by Crippen LogP contribution is -2.41. The summed E-state index contributed by atoms with van der Waals surface area (Å²) in [6.45, 7) is 2.07. The topological polar surface area (TPSA) is 59.8 Å². The lowest BCUT2D eigenvalue weighted by molar-refractivity contribution is -0.130. The van der Waals surface area contributed by atoms with E-state index in [0.717, 1.165) is 31.2 Å². The zero-order valence-corrected chi connectivity index (χ0v) is 12.5. The third-order valence-electron chi connectivity index (χ3n) is 4.49. The average molecular weight is 284 g/mol. The van der Waals surface area contributed by atoms with E-state index in [1.165, 1.54) is 0 Å². The minimum Gasteiger partial charge on any atom is -0.294 e. The molecule has 1 aromatic heterocycles. The Hall–Kier alpha value is -2.17. The van der Waals surface area contributed by atoms with Crippen LogP contribution in [0.2, 0.25) is 0 Å². The van der Waals surface area contributed by atoms with E-state index >= 15 is 0 Å². The Morgan fingerprint density at radius 1 is 1.33 bits per heavy atom. The van der Waals surface area contributed by atoms with Gasteiger partial charge in [0.05, 0.1) is 0 Å². The molecule has 1 amide bonds. The lowest BCUT2D eigenvalue weighted by atomic mass is 9.66. The fraction of sp³-hybridized carbons (Fsp3) is 0.438. The zero-order chi connectivity index (χ0) is 14.9. The largest absolute Gasteiger partial charge is 0.294 e. The Morgan fingerprint density at radius 2 is 2.05 bits per heavy atom. The second-order valence-electron chi connectivity index (χ2n) is 5.69. The Morgan fingerprint density at radius 3 is 2.62 bits per heavy atom. The normalized spacial score (nSPS) is 16.3. The highest BCUT2D eigenvalue weighted by atomic mass is 16.2. The Balaban J connectivity index is 1.81. The number of carbonyl (C=O) groups excluding carboxylic acids is 1. The highest BCUT2D eigenvalue weighted by Crippen LogP contribution is 2.44. The summed E-state index contributed by atoms with van der Waals surface area (Å²) in [6.07, 6.45) is 3.95. The number of aryl methyl sites for hydroxylation is 1. The van der Waals surface area contributed by atoms with Crippen molar-refractivity contribution in [1.82, 2.24) is 14.8 Å². The molecule has 0 saturated heterocycles. The van der Waals surface area contributed by atoms with E-state index in [0.29, 0.717) is 11.8 Å². The van der Waals surface area contributed by atoms with Gasteiger partial charge in [0.1, 0.15) is 0 Å². The van der Waals surface area contributed by atoms with Gasteiger partial charge in [-0.15, -0.1) is 5.10 Å². The van der Waals surface area contributed by atoms with Gasteiger partial charge in [-0.1, -0.05) is 43.7 Å². The van der Waals surface area contributed by atoms with Gasteiger partial charge in [0.2, 0.25) is 11.9 Å². The first kappa shape index (κ1) is 13.8. The molecule has 0 radical (unpaired) electrons. The second kappa shape index (κ2) is 5.31. The summed E-state index contributed by atoms with van der Waals surface area (Å²) in [5.74, 6) is 1.22. The summed E-state index contributed by atoms with van der Waals surface area (Å²) in [4.78, 5) is 16.9. The molecule has 3 rings (SSSR count). The number of amides is 1. The van der Waals surface area contributed by atoms with Crippen LogP contribution >= 0.6 is 0 Å². The molecule has 0 bridgehead atoms. The van der Waals surface area contributed by atoms with E-state index in [9.17, 15) is 4.79 Å². The lowest BCUT2D eigenvalue weighted by Gasteiger charge is -2.39. The molecule has 110 valence electrons. The molecule has 21 heavy (non-hydrogen) atoms. The third kappa shape index (κ3) is 2.44. The maximum Gasteiger partial charge on any atom is 0.232 e. The molecule has 1 heterocycles. The predicted octanol–water partition coefficient (Wildman–Crippen LogP) is 3.00. The van der Waals surface area contributed by atoms with Gasteiger partial charge in [-0.2, -0.15) is 4.98 Å². The number of anilines is 1. The smallest absolute Gasteiger partial charge is 0.232 e. The fourth-order valence-corrected chi connectivity index (χ4v) is 2.78. The number of nitrogens with one attached hydrogen (secondary N) is 1. The first-order chi connectivity index (χ1) is 10.1. The maximum absolute atomic E-state index is 12.5. The van der Waals surface area contributed by atoms with Crippen molar-refractivity contribution < 1.29 is 4.79 Å². The molecule has 0 atom stereocenters. The SMILES string of the molecule is CCC1(C(=O)Nc2nc(-c3ccccc3)nn2C)CCC1. The summed E-state index contributed by atoms with van der Waals surface area (Å²) < 4.78 is 1.63. The number of hydrogen-bond donors (Lipinski definition) is 1. The van der Waals surface area contributed by atoms with Crippen LogP contribution < -0.4 is 5.32 Å². The molecule has 1 aromatic carbocycles. The molecule has 1 fully saturated rings. The van der Waals surface area contributed by atoms with E-state index in [2.05, 4.69) is 22.3 Å². The van der Waals surface area contributed by atoms with Gasteiger partial charge in [-0.05, 0) is 19.3 Å². The summed E-state index contributed by atoms with van der Waals surface area (Å²) >= 11 is 0. The molecule has 1 aliphatic rings. The molecule has 0 spiro atoms. The van der Waals surface area contributed by atoms with Crippen molar-refractivity contribution in [3.8, 4) is 11.4 Å². The molecule has 1 aliphatic carbocycles. The zero-order valence-electron chi connectivity index (χ0n) is 12.5. The number of aromatic nitrogens is 3. The average Bonchev–Trinajstić information content (AvgIpc) is 2.81. The number of nitrogens with zero attached hydrogens (tertiary/aromatic N) is 3. The Kier molecular flexibility index (Phi) is 3.49. The molecular formula is C16H20N4O. The minimum absolute atomic E-state index is 0.0753. The van der Waals surface area contributed by atoms with Crippen LogP contribution in [0.1, 0.15) is 32.6 Å². The summed E-state index contributed by atoms with van der Waals surface area (Å²) in [5.41, 5.74) is 0.751. The van der Waals surface area contributed by atoms with Crippen LogP contribution in [0.4, 0.5) is 5.95 Å². The molecule has 5 nitrogen and oxygen atoms in total. The second-order valence-corrected chi connectivity index (χ2v) is 5.69. The van der Waals surface area contributed by atoms with Gasteiger partial charge in [0.25, 0.3) is 0 Å². The number of benzene rings is 1. The molecule has 1 N–H and O–H groups in total. The monoisotopic (exact) mass is 284 g/mol. The molecule has 5 heteroatoms. The van der Waals surface area contributed by atoms with Crippen molar-refractivity contribution in [1.29, 1.82) is 0 Å². The molecular weight excluding hydrogens is 264 g/mol. The van der Waals surface area contributed by atoms with Gasteiger partial charge >= 0.3 is 0 Å². The number of carbonyl (C=O) groups is 1. The van der Waals surface area contributed by atoms with Crippen LogP contribution in [0.15, 0.2) is 30.3 Å². The van der Waals surface area contributed by atoms with E-state index in [4.69, 9.17) is 0 Å². The fourth-order valence-electron chi connectivity index (χ4n) is 2.78. The van der Waals surface area contributed by atoms with Crippen molar-refractivity contribution in [3.05, 3.63) is 30.3 Å². The van der Waals surface area contributed by atoms with Gasteiger partial charge in [0.15, 0.2) is 5.82 Å². The van der Waals surface area contributed by atoms with Gasteiger partial charge < -0.3 is 0 Å². The van der Waals surface area contributed by atoms with Crippen LogP contribution in [-0.4, -0.2) is 20.7 Å². The van der Waals surface area contributed by atoms with Crippen molar-refractivity contribution in [2.24, 2.45) is 12.5 Å². The number of hydrogen-bond acceptors (Lipinski definition) is 3. The summed E-state index contributed by atoms with van der Waals surface area (Å²) in [7, 11) is 1.80. The van der Waals surface area contributed by atoms with Crippen LogP contribution in [-0.2, 0) is 11.8 Å². The summed E-state index contributed by atoms with van der Waals surface area (Å²) in [5, 5.41) is 7.32. The highest BCUT2D eigenvalue weighted by Gasteiger charge is 2.42. The minimum atomic E-state index is -0.196. The van der Waals surface area contributed by atoms with Crippen LogP contribution in [0.25, 0.3) is 11.4 Å². The molecule has 1 saturated carbocycles. The van der Waals surface area contributed by atoms with Crippen LogP contribution in [0.3, 0.4) is 0 Å². The first-order valence-electron chi connectivity index (χ1n) is 7.42. The summed E-state index contributed by atoms with van der Waals surface area (Å²) in [6, 6.07) is 9.77. The van der Waals surface area contributed by atoms with Crippen LogP contribution in [0, 0.1) is 5.41 Å². The van der Waals surface area contributed by atoms with E-state index < -0.39 is 0 Å². The van der Waals surface area contributed by atoms with Crippen molar-refractivity contribution in [2.45, 2.75) is 32.6 Å². The Labute approximate surface area is 124 Å². The van der Waals surface area contributed by atoms with Crippen LogP contribution in [0.5, 0.6) is 0 Å². The number of rotatable bonds is 4. The van der Waals surface area contributed by atoms with Crippen molar-refractivity contribution in [3.63, 3.8) is 0 Å². The van der Waals surface area contributed by atoms with E-state index in [1.807, 2.05) is 30.3 Å². The quantitative estimate of drug-likeness (QED) is 0.939. The maximum atomic E-state index is 12.5. The van der Waals surface area contributed by atoms with Gasteiger partial charge in [-0.3, -0.25) is 10.1 Å². The molecule has 0 aliphatic heterocycles. The highest BCUT2D eigenvalue weighted by molar-refractivity contribution is 5.94. The van der Waals surface area contributed by atoms with Gasteiger partial charge in [0, 0.05) is 18.0 Å². The molecule has 2 aromatic rings. The van der Waals surface area contributed by atoms with Crippen molar-refractivity contribution in [2.75, 3.05) is 5.32 Å². The van der Waals surface area contributed by atoms with E-state index in [-0.39, 0.29) is 11.3 Å². The van der Waals surface area contributed by atoms with Gasteiger partial charge in [-0.25, -0.2) is 4.68 Å². The standard InChI is InChI=1S/C16H20N4O/c1-3-16(10-7-11-16)14(21)18-15-17-13(19-20(15)2)12-8-5-4-6-9-12/h4-6,8-9H,3,7,10-11H2,1-2H3,(H,17,18,19,21). The Bertz CT molecular complexity index is 638.